The fourth-order valence-corrected chi connectivity index (χ4v) is 6.27. The lowest BCUT2D eigenvalue weighted by Crippen LogP contribution is -2.73. The number of hydrogen-bond donors (Lipinski definition) is 3. The van der Waals surface area contributed by atoms with Crippen molar-refractivity contribution in [1.29, 1.82) is 0 Å². The average Bonchev–Trinajstić information content (AvgIpc) is 2.90. The molecular formula is C30H46N4O4. The van der Waals surface area contributed by atoms with Gasteiger partial charge in [-0.2, -0.15) is 0 Å². The number of likely N-dealkylation sites (tertiary alicyclic amines) is 1. The van der Waals surface area contributed by atoms with Crippen LogP contribution in [0.5, 0.6) is 0 Å². The van der Waals surface area contributed by atoms with Crippen molar-refractivity contribution in [2.75, 3.05) is 25.0 Å². The molecule has 1 aromatic carbocycles. The number of amides is 3. The number of anilines is 1. The summed E-state index contributed by atoms with van der Waals surface area (Å²) in [6.07, 6.45) is 7.81. The Hall–Kier alpha value is -2.45. The maximum atomic E-state index is 13.7. The summed E-state index contributed by atoms with van der Waals surface area (Å²) in [5.74, 6) is -0.141. The lowest BCUT2D eigenvalue weighted by molar-refractivity contribution is -0.163. The van der Waals surface area contributed by atoms with E-state index >= 15 is 0 Å². The van der Waals surface area contributed by atoms with Crippen molar-refractivity contribution in [2.45, 2.75) is 109 Å². The van der Waals surface area contributed by atoms with Crippen LogP contribution in [-0.2, 0) is 20.9 Å². The maximum Gasteiger partial charge on any atom is 0.246 e. The number of piperidine rings is 1. The molecule has 4 rings (SSSR count). The largest absolute Gasteiger partial charge is 0.390 e. The molecule has 210 valence electrons. The van der Waals surface area contributed by atoms with E-state index in [4.69, 9.17) is 0 Å². The molecule has 1 aromatic rings. The van der Waals surface area contributed by atoms with Gasteiger partial charge in [0.15, 0.2) is 0 Å². The number of nitrogens with one attached hydrogen (secondary N) is 2. The van der Waals surface area contributed by atoms with Gasteiger partial charge in [0.1, 0.15) is 11.6 Å². The molecule has 2 heterocycles. The van der Waals surface area contributed by atoms with E-state index in [2.05, 4.69) is 22.5 Å². The summed E-state index contributed by atoms with van der Waals surface area (Å²) >= 11 is 0. The number of benzene rings is 1. The first kappa shape index (κ1) is 28.6. The Morgan fingerprint density at radius 1 is 1.08 bits per heavy atom. The molecule has 38 heavy (non-hydrogen) atoms. The van der Waals surface area contributed by atoms with Crippen LogP contribution in [0.2, 0.25) is 0 Å². The van der Waals surface area contributed by atoms with Crippen LogP contribution in [0.4, 0.5) is 5.69 Å². The third-order valence-corrected chi connectivity index (χ3v) is 8.75. The standard InChI is InChI=1S/C30H46N4O4/c1-4-5-17-34-27(36)25(20-29(38)13-7-6-8-14-29)32-28(37)30(34)15-18-33(19-16-30)21-23-9-11-24(12-10-23)31-26(35)22(2)3/h9-12,22,25,38H,4-8,13-21H2,1-3H3,(H,31,35)(H,32,37)/t25-/m1/s1. The predicted octanol–water partition coefficient (Wildman–Crippen LogP) is 3.83. The van der Waals surface area contributed by atoms with Crippen LogP contribution < -0.4 is 10.6 Å². The first-order chi connectivity index (χ1) is 18.2. The highest BCUT2D eigenvalue weighted by molar-refractivity contribution is 6.00. The number of carbonyl (C=O) groups excluding carboxylic acids is 3. The minimum atomic E-state index is -0.858. The molecule has 3 amide bonds. The normalized spacial score (nSPS) is 23.5. The molecule has 1 saturated carbocycles. The Kier molecular flexibility index (Phi) is 9.14. The van der Waals surface area contributed by atoms with Crippen LogP contribution in [0, 0.1) is 5.92 Å². The zero-order valence-electron chi connectivity index (χ0n) is 23.4. The van der Waals surface area contributed by atoms with E-state index in [1.807, 2.05) is 43.0 Å². The van der Waals surface area contributed by atoms with Crippen molar-refractivity contribution in [1.82, 2.24) is 15.1 Å². The number of carbonyl (C=O) groups is 3. The van der Waals surface area contributed by atoms with Crippen molar-refractivity contribution in [3.63, 3.8) is 0 Å². The van der Waals surface area contributed by atoms with Crippen LogP contribution in [0.25, 0.3) is 0 Å². The summed E-state index contributed by atoms with van der Waals surface area (Å²) in [6, 6.07) is 7.29. The van der Waals surface area contributed by atoms with Gasteiger partial charge in [-0.3, -0.25) is 19.3 Å². The van der Waals surface area contributed by atoms with E-state index in [1.165, 1.54) is 0 Å². The second kappa shape index (κ2) is 12.2. The topological polar surface area (TPSA) is 102 Å². The summed E-state index contributed by atoms with van der Waals surface area (Å²) < 4.78 is 0. The number of hydrogen-bond acceptors (Lipinski definition) is 5. The molecule has 0 bridgehead atoms. The monoisotopic (exact) mass is 526 g/mol. The van der Waals surface area contributed by atoms with Gasteiger partial charge in [-0.15, -0.1) is 0 Å². The number of piperazine rings is 1. The second-order valence-electron chi connectivity index (χ2n) is 12.0. The van der Waals surface area contributed by atoms with Gasteiger partial charge >= 0.3 is 0 Å². The van der Waals surface area contributed by atoms with Gasteiger partial charge < -0.3 is 20.6 Å². The van der Waals surface area contributed by atoms with E-state index in [0.717, 1.165) is 63.0 Å². The third-order valence-electron chi connectivity index (χ3n) is 8.75. The highest BCUT2D eigenvalue weighted by atomic mass is 16.3. The molecule has 0 radical (unpaired) electrons. The average molecular weight is 527 g/mol. The lowest BCUT2D eigenvalue weighted by Gasteiger charge is -2.52. The van der Waals surface area contributed by atoms with Gasteiger partial charge in [-0.1, -0.05) is 58.6 Å². The van der Waals surface area contributed by atoms with E-state index in [1.54, 1.807) is 0 Å². The zero-order valence-corrected chi connectivity index (χ0v) is 23.4. The van der Waals surface area contributed by atoms with Crippen LogP contribution in [-0.4, -0.2) is 69.4 Å². The maximum absolute atomic E-state index is 13.7. The molecule has 0 unspecified atom stereocenters. The minimum Gasteiger partial charge on any atom is -0.390 e. The first-order valence-corrected chi connectivity index (χ1v) is 14.6. The van der Waals surface area contributed by atoms with Crippen molar-refractivity contribution in [3.05, 3.63) is 29.8 Å². The fourth-order valence-electron chi connectivity index (χ4n) is 6.27. The highest BCUT2D eigenvalue weighted by Gasteiger charge is 2.54. The summed E-state index contributed by atoms with van der Waals surface area (Å²) in [6.45, 7) is 8.64. The fraction of sp³-hybridized carbons (Fsp3) is 0.700. The quantitative estimate of drug-likeness (QED) is 0.454. The van der Waals surface area contributed by atoms with Gasteiger partial charge in [-0.05, 0) is 49.8 Å². The Morgan fingerprint density at radius 2 is 1.74 bits per heavy atom. The third kappa shape index (κ3) is 6.40. The molecule has 3 aliphatic rings. The van der Waals surface area contributed by atoms with E-state index in [0.29, 0.717) is 38.6 Å². The van der Waals surface area contributed by atoms with Crippen molar-refractivity contribution >= 4 is 23.4 Å². The second-order valence-corrected chi connectivity index (χ2v) is 12.0. The van der Waals surface area contributed by atoms with E-state index in [-0.39, 0.29) is 23.6 Å². The number of nitrogens with zero attached hydrogens (tertiary/aromatic N) is 2. The van der Waals surface area contributed by atoms with Crippen molar-refractivity contribution < 1.29 is 19.5 Å². The molecule has 2 saturated heterocycles. The molecule has 2 aliphatic heterocycles. The van der Waals surface area contributed by atoms with E-state index < -0.39 is 17.2 Å². The lowest BCUT2D eigenvalue weighted by atomic mass is 9.77. The molecule has 1 spiro atoms. The van der Waals surface area contributed by atoms with Gasteiger partial charge in [0, 0.05) is 44.2 Å². The van der Waals surface area contributed by atoms with Crippen LogP contribution in [0.3, 0.4) is 0 Å². The zero-order chi connectivity index (χ0) is 27.3. The highest BCUT2D eigenvalue weighted by Crippen LogP contribution is 2.37. The summed E-state index contributed by atoms with van der Waals surface area (Å²) in [5, 5.41) is 17.1. The van der Waals surface area contributed by atoms with Gasteiger partial charge in [0.2, 0.25) is 17.7 Å². The Morgan fingerprint density at radius 3 is 2.34 bits per heavy atom. The smallest absolute Gasteiger partial charge is 0.246 e. The van der Waals surface area contributed by atoms with Crippen LogP contribution in [0.15, 0.2) is 24.3 Å². The van der Waals surface area contributed by atoms with Crippen LogP contribution in [0.1, 0.15) is 90.5 Å². The number of aliphatic hydroxyl groups is 1. The van der Waals surface area contributed by atoms with Crippen LogP contribution >= 0.6 is 0 Å². The molecule has 8 nitrogen and oxygen atoms in total. The molecule has 3 fully saturated rings. The summed E-state index contributed by atoms with van der Waals surface area (Å²) in [5.41, 5.74) is 0.278. The first-order valence-electron chi connectivity index (χ1n) is 14.6. The molecule has 3 N–H and O–H groups in total. The van der Waals surface area contributed by atoms with Gasteiger partial charge in [0.25, 0.3) is 0 Å². The Balaban J connectivity index is 1.40. The summed E-state index contributed by atoms with van der Waals surface area (Å²) in [4.78, 5) is 43.5. The number of unbranched alkanes of at least 4 members (excludes halogenated alkanes) is 1. The predicted molar refractivity (Wildman–Crippen MR) is 148 cm³/mol. The van der Waals surface area contributed by atoms with Gasteiger partial charge in [0.05, 0.1) is 5.60 Å². The SMILES string of the molecule is CCCCN1C(=O)[C@@H](CC2(O)CCCCC2)NC(=O)C12CCN(Cc1ccc(NC(=O)C(C)C)cc1)CC2. The van der Waals surface area contributed by atoms with Gasteiger partial charge in [-0.25, -0.2) is 0 Å². The molecule has 1 atom stereocenters. The van der Waals surface area contributed by atoms with Crippen molar-refractivity contribution in [3.8, 4) is 0 Å². The Bertz CT molecular complexity index is 978. The van der Waals surface area contributed by atoms with Crippen molar-refractivity contribution in [2.24, 2.45) is 5.92 Å². The molecular weight excluding hydrogens is 480 g/mol. The molecule has 1 aliphatic carbocycles. The van der Waals surface area contributed by atoms with E-state index in [9.17, 15) is 19.5 Å². The Labute approximate surface area is 227 Å². The molecule has 8 heteroatoms. The minimum absolute atomic E-state index is 0.00199. The summed E-state index contributed by atoms with van der Waals surface area (Å²) in [7, 11) is 0. The molecule has 0 aromatic heterocycles. The number of rotatable bonds is 9.